The van der Waals surface area contributed by atoms with Crippen LogP contribution >= 0.6 is 0 Å². The molecule has 5 heteroatoms. The number of rotatable bonds is 2. The lowest BCUT2D eigenvalue weighted by Gasteiger charge is -2.24. The number of nitrogens with two attached hydrogens (primary N) is 1. The maximum atomic E-state index is 11.0. The third-order valence-corrected chi connectivity index (χ3v) is 3.83. The molecular weight excluding hydrogens is 186 g/mol. The largest absolute Gasteiger partial charge is 0.481 e. The molecule has 0 unspecified atom stereocenters. The molecule has 0 aliphatic heterocycles. The fraction of sp³-hybridized carbons (Fsp3) is 0.778. The second-order valence-corrected chi connectivity index (χ2v) is 4.30. The van der Waals surface area contributed by atoms with E-state index in [1.807, 2.05) is 0 Å². The molecule has 2 bridgehead atoms. The van der Waals surface area contributed by atoms with Crippen molar-refractivity contribution in [1.29, 1.82) is 0 Å². The number of carboxylic acid groups (broad SMARTS) is 2. The van der Waals surface area contributed by atoms with Crippen molar-refractivity contribution in [2.45, 2.75) is 24.8 Å². The summed E-state index contributed by atoms with van der Waals surface area (Å²) in [5, 5.41) is 17.9. The molecule has 0 aromatic heterocycles. The van der Waals surface area contributed by atoms with Gasteiger partial charge in [0, 0.05) is 5.92 Å². The molecule has 0 radical (unpaired) electrons. The van der Waals surface area contributed by atoms with Gasteiger partial charge in [0.05, 0.1) is 5.92 Å². The van der Waals surface area contributed by atoms with Crippen LogP contribution in [0.15, 0.2) is 0 Å². The molecule has 0 amide bonds. The van der Waals surface area contributed by atoms with Crippen molar-refractivity contribution < 1.29 is 19.8 Å². The van der Waals surface area contributed by atoms with Gasteiger partial charge in [-0.15, -0.1) is 0 Å². The SMILES string of the molecule is N[C@]1(C(=O)O)[C@@H]2CC[C@@H]1[C@@H](C(=O)O)C2. The van der Waals surface area contributed by atoms with E-state index in [-0.39, 0.29) is 11.8 Å². The summed E-state index contributed by atoms with van der Waals surface area (Å²) in [4.78, 5) is 21.9. The molecule has 2 saturated carbocycles. The first-order valence-corrected chi connectivity index (χ1v) is 4.73. The van der Waals surface area contributed by atoms with Crippen molar-refractivity contribution in [2.75, 3.05) is 0 Å². The van der Waals surface area contributed by atoms with Gasteiger partial charge in [0.15, 0.2) is 0 Å². The Morgan fingerprint density at radius 2 is 1.93 bits per heavy atom. The molecule has 4 N–H and O–H groups in total. The smallest absolute Gasteiger partial charge is 0.324 e. The van der Waals surface area contributed by atoms with Crippen molar-refractivity contribution in [3.05, 3.63) is 0 Å². The summed E-state index contributed by atoms with van der Waals surface area (Å²) >= 11 is 0. The lowest BCUT2D eigenvalue weighted by Crippen LogP contribution is -2.53. The predicted octanol–water partition coefficient (Wildman–Crippen LogP) is -0.101. The molecule has 14 heavy (non-hydrogen) atoms. The van der Waals surface area contributed by atoms with E-state index in [0.717, 1.165) is 6.42 Å². The van der Waals surface area contributed by atoms with E-state index < -0.39 is 23.4 Å². The molecule has 0 saturated heterocycles. The average Bonchev–Trinajstić information content (AvgIpc) is 2.58. The number of carboxylic acids is 2. The molecule has 0 aromatic carbocycles. The molecule has 4 atom stereocenters. The molecule has 2 rings (SSSR count). The molecule has 78 valence electrons. The van der Waals surface area contributed by atoms with E-state index in [9.17, 15) is 9.59 Å². The molecule has 5 nitrogen and oxygen atoms in total. The zero-order valence-electron chi connectivity index (χ0n) is 7.64. The van der Waals surface area contributed by atoms with Gasteiger partial charge in [-0.25, -0.2) is 0 Å². The third-order valence-electron chi connectivity index (χ3n) is 3.83. The highest BCUT2D eigenvalue weighted by Gasteiger charge is 2.63. The fourth-order valence-electron chi connectivity index (χ4n) is 3.09. The number of hydrogen-bond acceptors (Lipinski definition) is 3. The molecular formula is C9H13NO4. The maximum Gasteiger partial charge on any atom is 0.324 e. The Hall–Kier alpha value is -1.10. The van der Waals surface area contributed by atoms with Gasteiger partial charge < -0.3 is 15.9 Å². The van der Waals surface area contributed by atoms with Gasteiger partial charge >= 0.3 is 11.9 Å². The van der Waals surface area contributed by atoms with Crippen LogP contribution < -0.4 is 5.73 Å². The number of hydrogen-bond donors (Lipinski definition) is 3. The highest BCUT2D eigenvalue weighted by molar-refractivity contribution is 5.83. The van der Waals surface area contributed by atoms with Gasteiger partial charge in [-0.2, -0.15) is 0 Å². The van der Waals surface area contributed by atoms with Gasteiger partial charge in [-0.3, -0.25) is 9.59 Å². The van der Waals surface area contributed by atoms with Crippen LogP contribution in [0.1, 0.15) is 19.3 Å². The standard InChI is InChI=1S/C9H13NO4/c10-9(8(13)14)4-1-2-6(9)5(3-4)7(11)12/h4-6H,1-3,10H2,(H,11,12)(H,13,14)/t4-,5+,6-,9-/m1/s1. The average molecular weight is 199 g/mol. The quantitative estimate of drug-likeness (QED) is 0.576. The van der Waals surface area contributed by atoms with Gasteiger partial charge in [-0.05, 0) is 25.2 Å². The van der Waals surface area contributed by atoms with E-state index >= 15 is 0 Å². The Balaban J connectivity index is 2.32. The molecule has 0 spiro atoms. The van der Waals surface area contributed by atoms with E-state index in [1.54, 1.807) is 0 Å². The van der Waals surface area contributed by atoms with E-state index in [0.29, 0.717) is 12.8 Å². The number of fused-ring (bicyclic) bond motifs is 2. The molecule has 2 fully saturated rings. The zero-order chi connectivity index (χ0) is 10.5. The van der Waals surface area contributed by atoms with Crippen LogP contribution in [0, 0.1) is 17.8 Å². The van der Waals surface area contributed by atoms with Gasteiger partial charge in [0.25, 0.3) is 0 Å². The highest BCUT2D eigenvalue weighted by Crippen LogP contribution is 2.54. The fourth-order valence-corrected chi connectivity index (χ4v) is 3.09. The Kier molecular flexibility index (Phi) is 1.82. The number of aliphatic carboxylic acids is 2. The van der Waals surface area contributed by atoms with Crippen molar-refractivity contribution in [3.63, 3.8) is 0 Å². The van der Waals surface area contributed by atoms with Crippen molar-refractivity contribution in [2.24, 2.45) is 23.5 Å². The van der Waals surface area contributed by atoms with Gasteiger partial charge in [-0.1, -0.05) is 0 Å². The van der Waals surface area contributed by atoms with Crippen molar-refractivity contribution in [1.82, 2.24) is 0 Å². The van der Waals surface area contributed by atoms with E-state index in [1.165, 1.54) is 0 Å². The highest BCUT2D eigenvalue weighted by atomic mass is 16.4. The van der Waals surface area contributed by atoms with Crippen LogP contribution in [0.3, 0.4) is 0 Å². The summed E-state index contributed by atoms with van der Waals surface area (Å²) in [6, 6.07) is 0. The van der Waals surface area contributed by atoms with Crippen LogP contribution in [0.5, 0.6) is 0 Å². The van der Waals surface area contributed by atoms with Crippen LogP contribution in [-0.4, -0.2) is 27.7 Å². The lowest BCUT2D eigenvalue weighted by molar-refractivity contribution is -0.147. The van der Waals surface area contributed by atoms with Crippen LogP contribution in [0.2, 0.25) is 0 Å². The van der Waals surface area contributed by atoms with Gasteiger partial charge in [0.2, 0.25) is 0 Å². The Bertz CT molecular complexity index is 303. The van der Waals surface area contributed by atoms with Crippen LogP contribution in [0.25, 0.3) is 0 Å². The third kappa shape index (κ3) is 0.930. The van der Waals surface area contributed by atoms with E-state index in [2.05, 4.69) is 0 Å². The Labute approximate surface area is 80.9 Å². The summed E-state index contributed by atoms with van der Waals surface area (Å²) in [5.74, 6) is -3.06. The van der Waals surface area contributed by atoms with E-state index in [4.69, 9.17) is 15.9 Å². The maximum absolute atomic E-state index is 11.0. The predicted molar refractivity (Wildman–Crippen MR) is 46.5 cm³/mol. The molecule has 0 aromatic rings. The first-order valence-electron chi connectivity index (χ1n) is 4.73. The number of carbonyl (C=O) groups is 2. The molecule has 2 aliphatic rings. The normalized spacial score (nSPS) is 45.4. The monoisotopic (exact) mass is 199 g/mol. The topological polar surface area (TPSA) is 101 Å². The Morgan fingerprint density at radius 1 is 1.29 bits per heavy atom. The van der Waals surface area contributed by atoms with Crippen molar-refractivity contribution >= 4 is 11.9 Å². The van der Waals surface area contributed by atoms with Gasteiger partial charge in [0.1, 0.15) is 5.54 Å². The minimum Gasteiger partial charge on any atom is -0.481 e. The minimum atomic E-state index is -1.29. The van der Waals surface area contributed by atoms with Crippen LogP contribution in [-0.2, 0) is 9.59 Å². The second-order valence-electron chi connectivity index (χ2n) is 4.30. The minimum absolute atomic E-state index is 0.161. The summed E-state index contributed by atoms with van der Waals surface area (Å²) < 4.78 is 0. The first-order chi connectivity index (χ1) is 6.48. The molecule has 0 heterocycles. The lowest BCUT2D eigenvalue weighted by atomic mass is 9.85. The Morgan fingerprint density at radius 3 is 2.29 bits per heavy atom. The molecule has 2 aliphatic carbocycles. The summed E-state index contributed by atoms with van der Waals surface area (Å²) in [5.41, 5.74) is 4.53. The summed E-state index contributed by atoms with van der Waals surface area (Å²) in [7, 11) is 0. The van der Waals surface area contributed by atoms with Crippen molar-refractivity contribution in [3.8, 4) is 0 Å². The van der Waals surface area contributed by atoms with Crippen LogP contribution in [0.4, 0.5) is 0 Å². The second kappa shape index (κ2) is 2.70. The first kappa shape index (κ1) is 9.45. The summed E-state index contributed by atoms with van der Waals surface area (Å²) in [6.07, 6.45) is 1.80. The zero-order valence-corrected chi connectivity index (χ0v) is 7.64. The summed E-state index contributed by atoms with van der Waals surface area (Å²) in [6.45, 7) is 0.